The van der Waals surface area contributed by atoms with E-state index in [0.29, 0.717) is 6.42 Å². The Morgan fingerprint density at radius 2 is 1.75 bits per heavy atom. The third-order valence-electron chi connectivity index (χ3n) is 1.85. The van der Waals surface area contributed by atoms with Crippen molar-refractivity contribution in [1.82, 2.24) is 6.15 Å². The van der Waals surface area contributed by atoms with Gasteiger partial charge in [-0.05, 0) is 6.42 Å². The minimum atomic E-state index is -4.20. The minimum absolute atomic E-state index is 0. The van der Waals surface area contributed by atoms with E-state index < -0.39 is 22.0 Å². The molecule has 0 rings (SSSR count). The smallest absolute Gasteiger partial charge is 0.306 e. The standard InChI is InChI=1S/C9H18O5S.H3N/c1-2-3-4-5-6-7-9(10)14-8-15(11,12)13;/h2-8H2,1H3,(H,11,12,13);1H3. The van der Waals surface area contributed by atoms with Gasteiger partial charge in [-0.2, -0.15) is 8.42 Å². The summed E-state index contributed by atoms with van der Waals surface area (Å²) in [6.07, 6.45) is 5.19. The van der Waals surface area contributed by atoms with Crippen molar-refractivity contribution < 1.29 is 22.5 Å². The van der Waals surface area contributed by atoms with Crippen molar-refractivity contribution in [2.24, 2.45) is 0 Å². The maximum Gasteiger partial charge on any atom is 0.306 e. The second-order valence-electron chi connectivity index (χ2n) is 3.38. The quantitative estimate of drug-likeness (QED) is 0.388. The van der Waals surface area contributed by atoms with Gasteiger partial charge in [0.25, 0.3) is 0 Å². The zero-order valence-corrected chi connectivity index (χ0v) is 10.5. The van der Waals surface area contributed by atoms with Crippen molar-refractivity contribution in [2.45, 2.75) is 45.4 Å². The molecule has 0 aromatic carbocycles. The van der Waals surface area contributed by atoms with Gasteiger partial charge in [0, 0.05) is 6.42 Å². The number of hydrogen-bond donors (Lipinski definition) is 2. The average molecular weight is 255 g/mol. The summed E-state index contributed by atoms with van der Waals surface area (Å²) >= 11 is 0. The monoisotopic (exact) mass is 255 g/mol. The molecule has 0 saturated heterocycles. The van der Waals surface area contributed by atoms with Gasteiger partial charge in [-0.15, -0.1) is 0 Å². The SMILES string of the molecule is CCCCCCCC(=O)OCS(=O)(=O)O.N. The number of ether oxygens (including phenoxy) is 1. The molecule has 0 unspecified atom stereocenters. The first-order chi connectivity index (χ1) is 6.95. The molecule has 0 spiro atoms. The predicted molar refractivity (Wildman–Crippen MR) is 60.9 cm³/mol. The van der Waals surface area contributed by atoms with Crippen LogP contribution in [0.1, 0.15) is 45.4 Å². The molecular weight excluding hydrogens is 234 g/mol. The molecule has 0 atom stereocenters. The molecule has 0 aliphatic carbocycles. The van der Waals surface area contributed by atoms with Crippen LogP contribution in [0.3, 0.4) is 0 Å². The van der Waals surface area contributed by atoms with Crippen molar-refractivity contribution in [1.29, 1.82) is 0 Å². The number of carbonyl (C=O) groups excluding carboxylic acids is 1. The van der Waals surface area contributed by atoms with E-state index in [1.165, 1.54) is 0 Å². The van der Waals surface area contributed by atoms with E-state index >= 15 is 0 Å². The Kier molecular flexibility index (Phi) is 10.6. The topological polar surface area (TPSA) is 116 Å². The second kappa shape index (κ2) is 9.56. The maximum absolute atomic E-state index is 10.9. The molecule has 4 N–H and O–H groups in total. The van der Waals surface area contributed by atoms with E-state index in [-0.39, 0.29) is 12.6 Å². The van der Waals surface area contributed by atoms with Gasteiger partial charge in [0.15, 0.2) is 0 Å². The second-order valence-corrected chi connectivity index (χ2v) is 4.78. The van der Waals surface area contributed by atoms with E-state index in [4.69, 9.17) is 4.55 Å². The largest absolute Gasteiger partial charge is 0.447 e. The van der Waals surface area contributed by atoms with Crippen LogP contribution in [0.15, 0.2) is 0 Å². The van der Waals surface area contributed by atoms with Crippen molar-refractivity contribution in [3.63, 3.8) is 0 Å². The van der Waals surface area contributed by atoms with E-state index in [1.54, 1.807) is 0 Å². The molecule has 0 aliphatic rings. The Labute approximate surface area is 96.7 Å². The molecule has 0 amide bonds. The third-order valence-corrected chi connectivity index (χ3v) is 2.27. The maximum atomic E-state index is 10.9. The van der Waals surface area contributed by atoms with Crippen LogP contribution in [0.5, 0.6) is 0 Å². The van der Waals surface area contributed by atoms with Gasteiger partial charge in [-0.1, -0.05) is 32.6 Å². The van der Waals surface area contributed by atoms with E-state index in [0.717, 1.165) is 25.7 Å². The van der Waals surface area contributed by atoms with Crippen LogP contribution >= 0.6 is 0 Å². The summed E-state index contributed by atoms with van der Waals surface area (Å²) in [7, 11) is -4.20. The van der Waals surface area contributed by atoms with E-state index in [2.05, 4.69) is 11.7 Å². The number of esters is 1. The lowest BCUT2D eigenvalue weighted by Crippen LogP contribution is -2.13. The first-order valence-electron chi connectivity index (χ1n) is 5.06. The number of rotatable bonds is 8. The zero-order chi connectivity index (χ0) is 11.7. The Morgan fingerprint density at radius 1 is 1.19 bits per heavy atom. The fourth-order valence-corrected chi connectivity index (χ4v) is 1.37. The Morgan fingerprint density at radius 3 is 2.25 bits per heavy atom. The highest BCUT2D eigenvalue weighted by Crippen LogP contribution is 2.05. The summed E-state index contributed by atoms with van der Waals surface area (Å²) < 4.78 is 33.1. The summed E-state index contributed by atoms with van der Waals surface area (Å²) in [5.41, 5.74) is 0. The van der Waals surface area contributed by atoms with Crippen LogP contribution in [0, 0.1) is 0 Å². The number of unbranched alkanes of at least 4 members (excludes halogenated alkanes) is 4. The summed E-state index contributed by atoms with van der Waals surface area (Å²) in [5.74, 6) is -1.52. The van der Waals surface area contributed by atoms with Gasteiger partial charge in [0.1, 0.15) is 0 Å². The molecular formula is C9H21NO5S. The lowest BCUT2D eigenvalue weighted by Gasteiger charge is -2.02. The lowest BCUT2D eigenvalue weighted by molar-refractivity contribution is -0.141. The van der Waals surface area contributed by atoms with Gasteiger partial charge in [-0.3, -0.25) is 9.35 Å². The number of hydrogen-bond acceptors (Lipinski definition) is 5. The van der Waals surface area contributed by atoms with Crippen LogP contribution in [0.4, 0.5) is 0 Å². The van der Waals surface area contributed by atoms with E-state index in [9.17, 15) is 13.2 Å². The van der Waals surface area contributed by atoms with E-state index in [1.807, 2.05) is 0 Å². The Balaban J connectivity index is 0. The summed E-state index contributed by atoms with van der Waals surface area (Å²) in [5, 5.41) is 0. The van der Waals surface area contributed by atoms with Crippen molar-refractivity contribution in [2.75, 3.05) is 5.94 Å². The summed E-state index contributed by atoms with van der Waals surface area (Å²) in [4.78, 5) is 10.9. The van der Waals surface area contributed by atoms with Crippen LogP contribution in [-0.2, 0) is 19.6 Å². The fraction of sp³-hybridized carbons (Fsp3) is 0.889. The Bertz CT molecular complexity index is 276. The van der Waals surface area contributed by atoms with Crippen molar-refractivity contribution >= 4 is 16.1 Å². The highest BCUT2D eigenvalue weighted by Gasteiger charge is 2.09. The molecule has 0 radical (unpaired) electrons. The number of carbonyl (C=O) groups is 1. The lowest BCUT2D eigenvalue weighted by atomic mass is 10.1. The predicted octanol–water partition coefficient (Wildman–Crippen LogP) is 1.90. The van der Waals surface area contributed by atoms with Crippen LogP contribution < -0.4 is 6.15 Å². The Hall–Kier alpha value is -0.660. The average Bonchev–Trinajstić information content (AvgIpc) is 2.13. The van der Waals surface area contributed by atoms with Crippen LogP contribution in [0.25, 0.3) is 0 Å². The van der Waals surface area contributed by atoms with Crippen LogP contribution in [0.2, 0.25) is 0 Å². The highest BCUT2D eigenvalue weighted by molar-refractivity contribution is 7.85. The van der Waals surface area contributed by atoms with Crippen LogP contribution in [-0.4, -0.2) is 24.9 Å². The van der Waals surface area contributed by atoms with Gasteiger partial charge in [0.2, 0.25) is 5.94 Å². The molecule has 16 heavy (non-hydrogen) atoms. The molecule has 0 aliphatic heterocycles. The summed E-state index contributed by atoms with van der Waals surface area (Å²) in [6, 6.07) is 0. The fourth-order valence-electron chi connectivity index (χ4n) is 1.09. The highest BCUT2D eigenvalue weighted by atomic mass is 32.2. The molecule has 0 aromatic rings. The molecule has 0 fully saturated rings. The first kappa shape index (κ1) is 17.7. The van der Waals surface area contributed by atoms with Crippen molar-refractivity contribution in [3.8, 4) is 0 Å². The molecule has 0 heterocycles. The molecule has 0 saturated carbocycles. The molecule has 6 nitrogen and oxygen atoms in total. The van der Waals surface area contributed by atoms with Gasteiger partial charge in [-0.25, -0.2) is 0 Å². The van der Waals surface area contributed by atoms with Gasteiger partial charge >= 0.3 is 16.1 Å². The molecule has 0 bridgehead atoms. The molecule has 0 aromatic heterocycles. The minimum Gasteiger partial charge on any atom is -0.447 e. The van der Waals surface area contributed by atoms with Gasteiger partial charge < -0.3 is 10.9 Å². The normalized spacial score (nSPS) is 10.6. The first-order valence-corrected chi connectivity index (χ1v) is 6.67. The third kappa shape index (κ3) is 13.3. The van der Waals surface area contributed by atoms with Crippen molar-refractivity contribution in [3.05, 3.63) is 0 Å². The van der Waals surface area contributed by atoms with Gasteiger partial charge in [0.05, 0.1) is 0 Å². The molecule has 98 valence electrons. The summed E-state index contributed by atoms with van der Waals surface area (Å²) in [6.45, 7) is 2.10. The zero-order valence-electron chi connectivity index (χ0n) is 9.65. The molecule has 7 heteroatoms.